The van der Waals surface area contributed by atoms with Crippen molar-refractivity contribution in [2.24, 2.45) is 0 Å². The molecule has 3 aromatic rings. The minimum Gasteiger partial charge on any atom is -0.489 e. The van der Waals surface area contributed by atoms with Crippen LogP contribution in [0.25, 0.3) is 0 Å². The number of carbonyl (C=O) groups excluding carboxylic acids is 1. The van der Waals surface area contributed by atoms with E-state index < -0.39 is 0 Å². The van der Waals surface area contributed by atoms with Gasteiger partial charge in [-0.3, -0.25) is 4.79 Å². The topological polar surface area (TPSA) is 76.1 Å². The number of nitrogens with one attached hydrogen (secondary N) is 2. The first-order valence-corrected chi connectivity index (χ1v) is 8.93. The van der Waals surface area contributed by atoms with Crippen molar-refractivity contribution in [3.05, 3.63) is 78.2 Å². The van der Waals surface area contributed by atoms with E-state index in [0.29, 0.717) is 24.2 Å². The van der Waals surface area contributed by atoms with Gasteiger partial charge in [-0.2, -0.15) is 0 Å². The molecule has 0 aliphatic heterocycles. The van der Waals surface area contributed by atoms with Gasteiger partial charge >= 0.3 is 0 Å². The zero-order valence-corrected chi connectivity index (χ0v) is 14.8. The van der Waals surface area contributed by atoms with Crippen LogP contribution in [0.15, 0.2) is 67.0 Å². The molecule has 136 valence electrons. The van der Waals surface area contributed by atoms with Gasteiger partial charge in [-0.1, -0.05) is 30.3 Å². The van der Waals surface area contributed by atoms with Crippen molar-refractivity contribution in [3.8, 4) is 5.75 Å². The summed E-state index contributed by atoms with van der Waals surface area (Å²) < 4.78 is 5.78. The second-order valence-electron chi connectivity index (χ2n) is 6.46. The number of aromatic nitrogens is 2. The normalized spacial score (nSPS) is 13.0. The van der Waals surface area contributed by atoms with E-state index in [1.807, 2.05) is 54.6 Å². The molecule has 6 nitrogen and oxygen atoms in total. The lowest BCUT2D eigenvalue weighted by Crippen LogP contribution is -2.26. The molecule has 2 aromatic carbocycles. The average Bonchev–Trinajstić information content (AvgIpc) is 3.52. The third kappa shape index (κ3) is 4.82. The first-order chi connectivity index (χ1) is 13.3. The quantitative estimate of drug-likeness (QED) is 0.672. The first kappa shape index (κ1) is 17.0. The first-order valence-electron chi connectivity index (χ1n) is 8.93. The number of anilines is 2. The molecule has 1 heterocycles. The Hall–Kier alpha value is -3.41. The van der Waals surface area contributed by atoms with E-state index in [-0.39, 0.29) is 5.91 Å². The van der Waals surface area contributed by atoms with Crippen molar-refractivity contribution in [3.63, 3.8) is 0 Å². The lowest BCUT2D eigenvalue weighted by molar-refractivity contribution is 0.0946. The summed E-state index contributed by atoms with van der Waals surface area (Å²) in [6.07, 6.45) is 3.47. The number of amides is 1. The SMILES string of the molecule is O=C(NC1CC1)c1cc(Nc2ccc(OCc3ccccc3)cc2)ncn1. The van der Waals surface area contributed by atoms with Gasteiger partial charge in [0, 0.05) is 17.8 Å². The molecule has 1 saturated carbocycles. The number of rotatable bonds is 7. The third-order valence-electron chi connectivity index (χ3n) is 4.19. The van der Waals surface area contributed by atoms with Gasteiger partial charge in [0.1, 0.15) is 30.2 Å². The predicted octanol–water partition coefficient (Wildman–Crippen LogP) is 3.69. The van der Waals surface area contributed by atoms with Gasteiger partial charge in [-0.25, -0.2) is 9.97 Å². The Bertz CT molecular complexity index is 909. The van der Waals surface area contributed by atoms with E-state index in [1.165, 1.54) is 6.33 Å². The lowest BCUT2D eigenvalue weighted by Gasteiger charge is -2.09. The zero-order chi connectivity index (χ0) is 18.5. The molecule has 0 bridgehead atoms. The van der Waals surface area contributed by atoms with Crippen molar-refractivity contribution in [1.29, 1.82) is 0 Å². The Morgan fingerprint density at radius 1 is 1.04 bits per heavy atom. The summed E-state index contributed by atoms with van der Waals surface area (Å²) in [5, 5.41) is 6.11. The maximum absolute atomic E-state index is 12.1. The number of benzene rings is 2. The minimum atomic E-state index is -0.160. The largest absolute Gasteiger partial charge is 0.489 e. The molecule has 2 N–H and O–H groups in total. The van der Waals surface area contributed by atoms with E-state index in [0.717, 1.165) is 29.8 Å². The van der Waals surface area contributed by atoms with Crippen LogP contribution in [0.2, 0.25) is 0 Å². The van der Waals surface area contributed by atoms with Crippen LogP contribution in [-0.4, -0.2) is 21.9 Å². The van der Waals surface area contributed by atoms with Crippen molar-refractivity contribution in [2.45, 2.75) is 25.5 Å². The van der Waals surface area contributed by atoms with Gasteiger partial charge in [0.2, 0.25) is 0 Å². The monoisotopic (exact) mass is 360 g/mol. The van der Waals surface area contributed by atoms with Gasteiger partial charge < -0.3 is 15.4 Å². The summed E-state index contributed by atoms with van der Waals surface area (Å²) in [7, 11) is 0. The highest BCUT2D eigenvalue weighted by molar-refractivity contribution is 5.93. The van der Waals surface area contributed by atoms with Crippen molar-refractivity contribution in [2.75, 3.05) is 5.32 Å². The Labute approximate surface area is 157 Å². The van der Waals surface area contributed by atoms with Crippen LogP contribution in [0, 0.1) is 0 Å². The molecule has 0 unspecified atom stereocenters. The Morgan fingerprint density at radius 2 is 1.81 bits per heavy atom. The third-order valence-corrected chi connectivity index (χ3v) is 4.19. The summed E-state index contributed by atoms with van der Waals surface area (Å²) >= 11 is 0. The average molecular weight is 360 g/mol. The molecule has 6 heteroatoms. The fourth-order valence-corrected chi connectivity index (χ4v) is 2.56. The molecule has 0 spiro atoms. The summed E-state index contributed by atoms with van der Waals surface area (Å²) in [4.78, 5) is 20.3. The van der Waals surface area contributed by atoms with Crippen LogP contribution in [0.1, 0.15) is 28.9 Å². The number of carbonyl (C=O) groups is 1. The molecule has 1 aliphatic rings. The molecule has 0 radical (unpaired) electrons. The molecule has 1 amide bonds. The van der Waals surface area contributed by atoms with Crippen LogP contribution in [-0.2, 0) is 6.61 Å². The molecule has 1 aromatic heterocycles. The molecular formula is C21H20N4O2. The summed E-state index contributed by atoms with van der Waals surface area (Å²) in [6.45, 7) is 0.527. The van der Waals surface area contributed by atoms with E-state index >= 15 is 0 Å². The number of hydrogen-bond donors (Lipinski definition) is 2. The van der Waals surface area contributed by atoms with Gasteiger partial charge in [0.25, 0.3) is 5.91 Å². The van der Waals surface area contributed by atoms with Crippen LogP contribution in [0.5, 0.6) is 5.75 Å². The smallest absolute Gasteiger partial charge is 0.270 e. The molecule has 0 saturated heterocycles. The standard InChI is InChI=1S/C21H20N4O2/c26-21(25-17-6-7-17)19-12-20(23-14-22-19)24-16-8-10-18(11-9-16)27-13-15-4-2-1-3-5-15/h1-5,8-12,14,17H,6-7,13H2,(H,25,26)(H,22,23,24). The molecule has 1 aliphatic carbocycles. The minimum absolute atomic E-state index is 0.160. The highest BCUT2D eigenvalue weighted by atomic mass is 16.5. The molecular weight excluding hydrogens is 340 g/mol. The Balaban J connectivity index is 1.36. The van der Waals surface area contributed by atoms with Gasteiger partial charge in [0.05, 0.1) is 0 Å². The highest BCUT2D eigenvalue weighted by Crippen LogP contribution is 2.21. The van der Waals surface area contributed by atoms with Crippen molar-refractivity contribution < 1.29 is 9.53 Å². The second kappa shape index (κ2) is 7.86. The predicted molar refractivity (Wildman–Crippen MR) is 103 cm³/mol. The molecule has 0 atom stereocenters. The van der Waals surface area contributed by atoms with Gasteiger partial charge in [-0.15, -0.1) is 0 Å². The van der Waals surface area contributed by atoms with Crippen LogP contribution in [0.4, 0.5) is 11.5 Å². The number of hydrogen-bond acceptors (Lipinski definition) is 5. The maximum atomic E-state index is 12.1. The van der Waals surface area contributed by atoms with Crippen LogP contribution >= 0.6 is 0 Å². The molecule has 27 heavy (non-hydrogen) atoms. The summed E-state index contributed by atoms with van der Waals surface area (Å²) in [5.41, 5.74) is 2.34. The van der Waals surface area contributed by atoms with E-state index in [1.54, 1.807) is 6.07 Å². The highest BCUT2D eigenvalue weighted by Gasteiger charge is 2.24. The van der Waals surface area contributed by atoms with E-state index in [4.69, 9.17) is 4.74 Å². The maximum Gasteiger partial charge on any atom is 0.270 e. The zero-order valence-electron chi connectivity index (χ0n) is 14.8. The van der Waals surface area contributed by atoms with E-state index in [9.17, 15) is 4.79 Å². The summed E-state index contributed by atoms with van der Waals surface area (Å²) in [5.74, 6) is 1.20. The fourth-order valence-electron chi connectivity index (χ4n) is 2.56. The molecule has 4 rings (SSSR count). The lowest BCUT2D eigenvalue weighted by atomic mass is 10.2. The number of nitrogens with zero attached hydrogens (tertiary/aromatic N) is 2. The summed E-state index contributed by atoms with van der Waals surface area (Å²) in [6, 6.07) is 19.6. The Kier molecular flexibility index (Phi) is 4.96. The van der Waals surface area contributed by atoms with Gasteiger partial charge in [-0.05, 0) is 42.7 Å². The molecule has 1 fully saturated rings. The van der Waals surface area contributed by atoms with Crippen molar-refractivity contribution in [1.82, 2.24) is 15.3 Å². The Morgan fingerprint density at radius 3 is 2.56 bits per heavy atom. The van der Waals surface area contributed by atoms with Crippen LogP contribution < -0.4 is 15.4 Å². The van der Waals surface area contributed by atoms with E-state index in [2.05, 4.69) is 20.6 Å². The van der Waals surface area contributed by atoms with Crippen LogP contribution in [0.3, 0.4) is 0 Å². The van der Waals surface area contributed by atoms with Gasteiger partial charge in [0.15, 0.2) is 0 Å². The van der Waals surface area contributed by atoms with Crippen molar-refractivity contribution >= 4 is 17.4 Å². The fraction of sp³-hybridized carbons (Fsp3) is 0.190. The second-order valence-corrected chi connectivity index (χ2v) is 6.46. The number of ether oxygens (including phenoxy) is 1.